The van der Waals surface area contributed by atoms with Gasteiger partial charge in [0.2, 0.25) is 0 Å². The fourth-order valence-electron chi connectivity index (χ4n) is 2.52. The summed E-state index contributed by atoms with van der Waals surface area (Å²) in [6.45, 7) is -0.638. The number of alkyl halides is 1. The van der Waals surface area contributed by atoms with Crippen molar-refractivity contribution in [2.24, 2.45) is 5.92 Å². The van der Waals surface area contributed by atoms with Crippen LogP contribution in [-0.4, -0.2) is 15.1 Å². The Labute approximate surface area is 139 Å². The first-order valence-corrected chi connectivity index (χ1v) is 8.82. The van der Waals surface area contributed by atoms with E-state index in [1.165, 1.54) is 42.5 Å². The molecule has 0 heterocycles. The van der Waals surface area contributed by atoms with Crippen LogP contribution in [0.3, 0.4) is 0 Å². The van der Waals surface area contributed by atoms with E-state index in [1.54, 1.807) is 24.3 Å². The van der Waals surface area contributed by atoms with Crippen molar-refractivity contribution in [3.8, 4) is 0 Å². The van der Waals surface area contributed by atoms with E-state index in [1.807, 2.05) is 0 Å². The first-order valence-electron chi connectivity index (χ1n) is 7.33. The van der Waals surface area contributed by atoms with Gasteiger partial charge in [-0.1, -0.05) is 42.5 Å². The lowest BCUT2D eigenvalue weighted by atomic mass is 10.1. The van der Waals surface area contributed by atoms with E-state index < -0.39 is 28.4 Å². The Morgan fingerprint density at radius 2 is 1.62 bits per heavy atom. The maximum Gasteiger partial charge on any atom is 0.261 e. The topological polar surface area (TPSA) is 46.2 Å². The second-order valence-corrected chi connectivity index (χ2v) is 7.09. The lowest BCUT2D eigenvalue weighted by Crippen LogP contribution is -2.23. The van der Waals surface area contributed by atoms with Gasteiger partial charge in [-0.25, -0.2) is 12.8 Å². The minimum absolute atomic E-state index is 0.119. The summed E-state index contributed by atoms with van der Waals surface area (Å²) in [5, 5.41) is 0. The summed E-state index contributed by atoms with van der Waals surface area (Å²) in [4.78, 5) is 0.119. The molecule has 1 N–H and O–H groups in total. The number of hydrogen-bond acceptors (Lipinski definition) is 2. The number of hydrogen-bond donors (Lipinski definition) is 1. The molecule has 3 nitrogen and oxygen atoms in total. The smallest absolute Gasteiger partial charge is 0.261 e. The minimum atomic E-state index is -3.78. The summed E-state index contributed by atoms with van der Waals surface area (Å²) >= 11 is 0. The van der Waals surface area contributed by atoms with Crippen LogP contribution in [0, 0.1) is 11.7 Å². The first-order chi connectivity index (χ1) is 11.5. The van der Waals surface area contributed by atoms with E-state index in [4.69, 9.17) is 0 Å². The number of benzene rings is 2. The van der Waals surface area contributed by atoms with Crippen molar-refractivity contribution < 1.29 is 17.2 Å². The Hall–Kier alpha value is -2.47. The Morgan fingerprint density at radius 3 is 2.25 bits per heavy atom. The van der Waals surface area contributed by atoms with Crippen LogP contribution < -0.4 is 4.72 Å². The van der Waals surface area contributed by atoms with E-state index in [2.05, 4.69) is 4.72 Å². The van der Waals surface area contributed by atoms with Crippen molar-refractivity contribution in [2.45, 2.75) is 4.90 Å². The van der Waals surface area contributed by atoms with Crippen molar-refractivity contribution in [1.82, 2.24) is 4.72 Å². The van der Waals surface area contributed by atoms with Gasteiger partial charge in [-0.05, 0) is 29.8 Å². The normalized spacial score (nSPS) is 17.3. The van der Waals surface area contributed by atoms with Crippen LogP contribution in [0.15, 0.2) is 77.3 Å². The molecule has 6 heteroatoms. The molecule has 1 unspecified atom stereocenters. The second-order valence-electron chi connectivity index (χ2n) is 5.40. The lowest BCUT2D eigenvalue weighted by molar-refractivity contribution is 0.454. The van der Waals surface area contributed by atoms with Crippen molar-refractivity contribution in [3.63, 3.8) is 0 Å². The highest BCUT2D eigenvalue weighted by molar-refractivity contribution is 7.89. The van der Waals surface area contributed by atoms with Gasteiger partial charge in [0.25, 0.3) is 10.0 Å². The SMILES string of the molecule is O=S(=O)(NC1=CC(CF)C=C1c1ccc(F)cc1)c1ccccc1. The minimum Gasteiger partial charge on any atom is -0.279 e. The molecule has 0 saturated carbocycles. The van der Waals surface area contributed by atoms with E-state index >= 15 is 0 Å². The van der Waals surface area contributed by atoms with Gasteiger partial charge in [0.15, 0.2) is 0 Å². The molecule has 124 valence electrons. The molecule has 0 aliphatic heterocycles. The van der Waals surface area contributed by atoms with Crippen molar-refractivity contribution in [1.29, 1.82) is 0 Å². The maximum absolute atomic E-state index is 13.1. The average molecular weight is 347 g/mol. The van der Waals surface area contributed by atoms with Crippen molar-refractivity contribution in [2.75, 3.05) is 6.67 Å². The fraction of sp³-hybridized carbons (Fsp3) is 0.111. The Bertz CT molecular complexity index is 888. The number of sulfonamides is 1. The first kappa shape index (κ1) is 16.4. The van der Waals surface area contributed by atoms with Gasteiger partial charge in [0, 0.05) is 11.5 Å². The van der Waals surface area contributed by atoms with Gasteiger partial charge in [-0.2, -0.15) is 0 Å². The number of nitrogens with one attached hydrogen (secondary N) is 1. The molecular formula is C18H15F2NO2S. The standard InChI is InChI=1S/C18H15F2NO2S/c19-12-13-10-17(14-6-8-15(20)9-7-14)18(11-13)21-24(22,23)16-4-2-1-3-5-16/h1-11,13,21H,12H2. The maximum atomic E-state index is 13.1. The molecule has 1 aliphatic carbocycles. The zero-order valence-electron chi connectivity index (χ0n) is 12.6. The molecule has 0 bridgehead atoms. The van der Waals surface area contributed by atoms with E-state index in [0.717, 1.165) is 0 Å². The van der Waals surface area contributed by atoms with Gasteiger partial charge in [0.1, 0.15) is 5.82 Å². The molecule has 0 radical (unpaired) electrons. The summed E-state index contributed by atoms with van der Waals surface area (Å²) in [5.41, 5.74) is 1.46. The van der Waals surface area contributed by atoms with Crippen molar-refractivity contribution in [3.05, 3.63) is 83.8 Å². The van der Waals surface area contributed by atoms with E-state index in [0.29, 0.717) is 16.8 Å². The monoisotopic (exact) mass is 347 g/mol. The molecule has 2 aromatic rings. The third kappa shape index (κ3) is 3.38. The predicted molar refractivity (Wildman–Crippen MR) is 88.7 cm³/mol. The van der Waals surface area contributed by atoms with Gasteiger partial charge < -0.3 is 0 Å². The molecule has 0 spiro atoms. The fourth-order valence-corrected chi connectivity index (χ4v) is 3.62. The third-order valence-electron chi connectivity index (χ3n) is 3.68. The largest absolute Gasteiger partial charge is 0.279 e. The zero-order chi connectivity index (χ0) is 17.2. The van der Waals surface area contributed by atoms with Crippen LogP contribution in [0.1, 0.15) is 5.56 Å². The second kappa shape index (κ2) is 6.57. The summed E-state index contributed by atoms with van der Waals surface area (Å²) in [7, 11) is -3.78. The lowest BCUT2D eigenvalue weighted by Gasteiger charge is -2.13. The molecular weight excluding hydrogens is 332 g/mol. The van der Waals surface area contributed by atoms with Gasteiger partial charge in [0.05, 0.1) is 17.3 Å². The van der Waals surface area contributed by atoms with E-state index in [9.17, 15) is 17.2 Å². The highest BCUT2D eigenvalue weighted by Gasteiger charge is 2.24. The predicted octanol–water partition coefficient (Wildman–Crippen LogP) is 3.67. The molecule has 24 heavy (non-hydrogen) atoms. The number of rotatable bonds is 5. The van der Waals surface area contributed by atoms with Gasteiger partial charge >= 0.3 is 0 Å². The summed E-state index contributed by atoms with van der Waals surface area (Å²) in [6, 6.07) is 13.6. The number of halogens is 2. The van der Waals surface area contributed by atoms with Crippen LogP contribution in [0.2, 0.25) is 0 Å². The van der Waals surface area contributed by atoms with Gasteiger partial charge in [-0.3, -0.25) is 9.11 Å². The van der Waals surface area contributed by atoms with Crippen LogP contribution in [-0.2, 0) is 10.0 Å². The summed E-state index contributed by atoms with van der Waals surface area (Å²) in [5.74, 6) is -0.909. The molecule has 3 rings (SSSR count). The molecule has 2 aromatic carbocycles. The molecule has 0 saturated heterocycles. The summed E-state index contributed by atoms with van der Waals surface area (Å²) < 4.78 is 53.6. The van der Waals surface area contributed by atoms with Gasteiger partial charge in [-0.15, -0.1) is 0 Å². The molecule has 0 fully saturated rings. The van der Waals surface area contributed by atoms with Crippen LogP contribution >= 0.6 is 0 Å². The Morgan fingerprint density at radius 1 is 0.958 bits per heavy atom. The molecule has 0 amide bonds. The summed E-state index contributed by atoms with van der Waals surface area (Å²) in [6.07, 6.45) is 3.16. The highest BCUT2D eigenvalue weighted by Crippen LogP contribution is 2.32. The van der Waals surface area contributed by atoms with Crippen LogP contribution in [0.25, 0.3) is 5.57 Å². The quantitative estimate of drug-likeness (QED) is 0.897. The van der Waals surface area contributed by atoms with Crippen LogP contribution in [0.4, 0.5) is 8.78 Å². The van der Waals surface area contributed by atoms with E-state index in [-0.39, 0.29) is 4.90 Å². The third-order valence-corrected chi connectivity index (χ3v) is 5.06. The highest BCUT2D eigenvalue weighted by atomic mass is 32.2. The molecule has 0 aromatic heterocycles. The van der Waals surface area contributed by atoms with Crippen LogP contribution in [0.5, 0.6) is 0 Å². The molecule has 1 aliphatic rings. The van der Waals surface area contributed by atoms with Crippen molar-refractivity contribution >= 4 is 15.6 Å². The average Bonchev–Trinajstić information content (AvgIpc) is 2.98. The Balaban J connectivity index is 1.94. The molecule has 1 atom stereocenters. The zero-order valence-corrected chi connectivity index (χ0v) is 13.4. The number of allylic oxidation sites excluding steroid dienone is 3. The Kier molecular flexibility index (Phi) is 4.49.